The monoisotopic (exact) mass is 575 g/mol. The third kappa shape index (κ3) is 5.48. The SMILES string of the molecule is C=Cc1c(C)c2cc3[nH]c(cc4nc(cc5nc(cc1[nH]2)C(C)=C5CCC(=O)NC)C(CCC(=O)O)=C4C)c(C)c3C=C. The van der Waals surface area contributed by atoms with Gasteiger partial charge in [0.1, 0.15) is 0 Å². The van der Waals surface area contributed by atoms with Crippen LogP contribution in [0.2, 0.25) is 0 Å². The average Bonchev–Trinajstić information content (AvgIpc) is 3.63. The van der Waals surface area contributed by atoms with Gasteiger partial charge < -0.3 is 20.4 Å². The fourth-order valence-electron chi connectivity index (χ4n) is 5.90. The number of carbonyl (C=O) groups is 2. The standard InChI is InChI=1S/C35H37N5O3/c1-8-22-18(3)26-14-27-21(6)25(11-13-35(42)43)33(39-27)17-32-24(10-12-34(41)36-7)20(5)29(40-32)16-31-23(9-2)19(4)28(38-31)15-30(22)37-26/h8-9,14-17,37-38H,1-2,10-13H2,3-7H3,(H,36,41)(H,42,43). The molecule has 0 aliphatic carbocycles. The van der Waals surface area contributed by atoms with Crippen molar-refractivity contribution >= 4 is 68.4 Å². The number of carboxylic acids is 1. The largest absolute Gasteiger partial charge is 0.481 e. The van der Waals surface area contributed by atoms with E-state index >= 15 is 0 Å². The summed E-state index contributed by atoms with van der Waals surface area (Å²) in [6, 6.07) is 8.06. The van der Waals surface area contributed by atoms with Crippen molar-refractivity contribution in [2.45, 2.75) is 53.4 Å². The van der Waals surface area contributed by atoms with Gasteiger partial charge in [0.15, 0.2) is 0 Å². The summed E-state index contributed by atoms with van der Waals surface area (Å²) in [5.41, 5.74) is 14.4. The molecule has 8 nitrogen and oxygen atoms in total. The van der Waals surface area contributed by atoms with Gasteiger partial charge in [-0.15, -0.1) is 0 Å². The number of amides is 1. The number of aliphatic carboxylic acids is 1. The molecule has 5 heterocycles. The van der Waals surface area contributed by atoms with E-state index in [1.807, 2.05) is 51.1 Å². The minimum absolute atomic E-state index is 0.0112. The molecule has 0 saturated heterocycles. The van der Waals surface area contributed by atoms with Crippen LogP contribution in [0.15, 0.2) is 37.4 Å². The molecule has 8 heteroatoms. The summed E-state index contributed by atoms with van der Waals surface area (Å²) in [7, 11) is 1.63. The van der Waals surface area contributed by atoms with Gasteiger partial charge in [-0.05, 0) is 98.2 Å². The third-order valence-electron chi connectivity index (χ3n) is 8.51. The minimum Gasteiger partial charge on any atom is -0.481 e. The number of fused-ring (bicyclic) bond motifs is 8. The highest BCUT2D eigenvalue weighted by atomic mass is 16.4. The topological polar surface area (TPSA) is 124 Å². The lowest BCUT2D eigenvalue weighted by Gasteiger charge is -2.06. The zero-order valence-corrected chi connectivity index (χ0v) is 25.4. The lowest BCUT2D eigenvalue weighted by atomic mass is 9.98. The Bertz CT molecular complexity index is 1930. The Hall–Kier alpha value is -4.98. The van der Waals surface area contributed by atoms with Crippen molar-refractivity contribution in [1.29, 1.82) is 0 Å². The van der Waals surface area contributed by atoms with E-state index in [2.05, 4.69) is 41.4 Å². The van der Waals surface area contributed by atoms with Gasteiger partial charge in [0.05, 0.1) is 22.8 Å². The van der Waals surface area contributed by atoms with Gasteiger partial charge in [-0.25, -0.2) is 9.97 Å². The maximum Gasteiger partial charge on any atom is 0.303 e. The molecule has 220 valence electrons. The first kappa shape index (κ1) is 29.5. The lowest BCUT2D eigenvalue weighted by Crippen LogP contribution is -2.17. The molecule has 2 aliphatic rings. The van der Waals surface area contributed by atoms with E-state index in [1.165, 1.54) is 0 Å². The van der Waals surface area contributed by atoms with Crippen molar-refractivity contribution in [2.24, 2.45) is 0 Å². The van der Waals surface area contributed by atoms with Crippen molar-refractivity contribution in [3.63, 3.8) is 0 Å². The molecule has 0 aromatic carbocycles. The number of hydrogen-bond acceptors (Lipinski definition) is 4. The summed E-state index contributed by atoms with van der Waals surface area (Å²) >= 11 is 0. The van der Waals surface area contributed by atoms with Crippen LogP contribution in [0, 0.1) is 13.8 Å². The highest BCUT2D eigenvalue weighted by molar-refractivity contribution is 5.97. The number of aromatic nitrogens is 4. The van der Waals surface area contributed by atoms with E-state index in [4.69, 9.17) is 9.97 Å². The summed E-state index contributed by atoms with van der Waals surface area (Å²) in [5.74, 6) is -0.916. The predicted molar refractivity (Wildman–Crippen MR) is 176 cm³/mol. The first-order valence-electron chi connectivity index (χ1n) is 14.4. The van der Waals surface area contributed by atoms with Crippen LogP contribution in [-0.4, -0.2) is 44.0 Å². The third-order valence-corrected chi connectivity index (χ3v) is 8.51. The summed E-state index contributed by atoms with van der Waals surface area (Å²) in [5, 5.41) is 12.2. The maximum absolute atomic E-state index is 12.2. The molecule has 0 atom stereocenters. The van der Waals surface area contributed by atoms with E-state index in [0.29, 0.717) is 25.0 Å². The van der Waals surface area contributed by atoms with E-state index in [9.17, 15) is 14.7 Å². The molecule has 3 aromatic rings. The number of H-pyrrole nitrogens is 2. The maximum atomic E-state index is 12.2. The quantitative estimate of drug-likeness (QED) is 0.222. The van der Waals surface area contributed by atoms with Gasteiger partial charge >= 0.3 is 5.97 Å². The van der Waals surface area contributed by atoms with Crippen LogP contribution in [0.4, 0.5) is 0 Å². The Balaban J connectivity index is 1.91. The molecule has 0 unspecified atom stereocenters. The van der Waals surface area contributed by atoms with Crippen molar-refractivity contribution in [3.8, 4) is 0 Å². The van der Waals surface area contributed by atoms with Crippen LogP contribution in [0.5, 0.6) is 0 Å². The Kier molecular flexibility index (Phi) is 8.04. The molecule has 5 rings (SSSR count). The van der Waals surface area contributed by atoms with Crippen molar-refractivity contribution in [2.75, 3.05) is 7.05 Å². The highest BCUT2D eigenvalue weighted by Gasteiger charge is 2.22. The van der Waals surface area contributed by atoms with Crippen LogP contribution >= 0.6 is 0 Å². The number of carbonyl (C=O) groups excluding carboxylic acids is 1. The summed E-state index contributed by atoms with van der Waals surface area (Å²) in [6.07, 6.45) is 4.86. The number of nitrogens with one attached hydrogen (secondary N) is 3. The van der Waals surface area contributed by atoms with Gasteiger partial charge in [-0.2, -0.15) is 0 Å². The van der Waals surface area contributed by atoms with E-state index in [0.717, 1.165) is 83.7 Å². The Morgan fingerprint density at radius 1 is 0.744 bits per heavy atom. The van der Waals surface area contributed by atoms with Crippen molar-refractivity contribution in [3.05, 3.63) is 82.5 Å². The van der Waals surface area contributed by atoms with Crippen molar-refractivity contribution < 1.29 is 14.7 Å². The first-order chi connectivity index (χ1) is 20.6. The molecule has 43 heavy (non-hydrogen) atoms. The summed E-state index contributed by atoms with van der Waals surface area (Å²) < 4.78 is 0. The summed E-state index contributed by atoms with van der Waals surface area (Å²) in [4.78, 5) is 41.0. The molecule has 4 N–H and O–H groups in total. The number of nitrogens with zero attached hydrogens (tertiary/aromatic N) is 2. The van der Waals surface area contributed by atoms with Gasteiger partial charge in [0.25, 0.3) is 0 Å². The Morgan fingerprint density at radius 3 is 1.70 bits per heavy atom. The van der Waals surface area contributed by atoms with Gasteiger partial charge in [0.2, 0.25) is 5.91 Å². The summed E-state index contributed by atoms with van der Waals surface area (Å²) in [6.45, 7) is 16.3. The zero-order valence-electron chi connectivity index (χ0n) is 25.4. The molecular weight excluding hydrogens is 538 g/mol. The Morgan fingerprint density at radius 2 is 1.21 bits per heavy atom. The van der Waals surface area contributed by atoms with Gasteiger partial charge in [-0.3, -0.25) is 9.59 Å². The van der Waals surface area contributed by atoms with E-state index in [-0.39, 0.29) is 12.3 Å². The fraction of sp³-hybridized carbons (Fsp3) is 0.257. The molecule has 0 fully saturated rings. The zero-order chi connectivity index (χ0) is 31.0. The molecule has 0 radical (unpaired) electrons. The number of rotatable bonds is 8. The lowest BCUT2D eigenvalue weighted by molar-refractivity contribution is -0.136. The molecule has 0 spiro atoms. The second-order valence-corrected chi connectivity index (χ2v) is 11.0. The van der Waals surface area contributed by atoms with Crippen LogP contribution < -0.4 is 5.32 Å². The van der Waals surface area contributed by atoms with Gasteiger partial charge in [0, 0.05) is 53.1 Å². The second kappa shape index (κ2) is 11.7. The van der Waals surface area contributed by atoms with E-state index < -0.39 is 5.97 Å². The smallest absolute Gasteiger partial charge is 0.303 e. The average molecular weight is 576 g/mol. The molecule has 2 aliphatic heterocycles. The van der Waals surface area contributed by atoms with Crippen LogP contribution in [-0.2, 0) is 9.59 Å². The first-order valence-corrected chi connectivity index (χ1v) is 14.4. The molecule has 1 amide bonds. The van der Waals surface area contributed by atoms with Crippen molar-refractivity contribution in [1.82, 2.24) is 25.3 Å². The van der Waals surface area contributed by atoms with Crippen LogP contribution in [0.25, 0.3) is 56.5 Å². The van der Waals surface area contributed by atoms with E-state index in [1.54, 1.807) is 7.05 Å². The molecule has 0 saturated carbocycles. The molecule has 3 aromatic heterocycles. The predicted octanol–water partition coefficient (Wildman–Crippen LogP) is 7.47. The van der Waals surface area contributed by atoms with Crippen LogP contribution in [0.1, 0.15) is 84.6 Å². The van der Waals surface area contributed by atoms with Gasteiger partial charge in [-0.1, -0.05) is 25.3 Å². The molecular formula is C35H37N5O3. The Labute approximate surface area is 251 Å². The number of aryl methyl sites for hydroxylation is 2. The fourth-order valence-corrected chi connectivity index (χ4v) is 5.90. The number of allylic oxidation sites excluding steroid dienone is 4. The highest BCUT2D eigenvalue weighted by Crippen LogP contribution is 2.38. The molecule has 8 bridgehead atoms. The minimum atomic E-state index is -0.865. The number of aromatic amines is 2. The number of carboxylic acid groups (broad SMARTS) is 1. The second-order valence-electron chi connectivity index (χ2n) is 11.0. The normalized spacial score (nSPS) is 13.0. The number of hydrogen-bond donors (Lipinski definition) is 4. The van der Waals surface area contributed by atoms with Crippen LogP contribution in [0.3, 0.4) is 0 Å².